The van der Waals surface area contributed by atoms with Gasteiger partial charge in [0, 0.05) is 12.1 Å². The van der Waals surface area contributed by atoms with Crippen LogP contribution in [0.1, 0.15) is 25.5 Å². The minimum atomic E-state index is -0.414. The molecule has 0 aromatic heterocycles. The van der Waals surface area contributed by atoms with Gasteiger partial charge in [-0.25, -0.2) is 4.39 Å². The van der Waals surface area contributed by atoms with Gasteiger partial charge in [-0.3, -0.25) is 0 Å². The highest BCUT2D eigenvalue weighted by atomic mass is 35.5. The maximum Gasteiger partial charge on any atom is 0.166 e. The lowest BCUT2D eigenvalue weighted by Crippen LogP contribution is -2.17. The van der Waals surface area contributed by atoms with Crippen molar-refractivity contribution in [2.75, 3.05) is 6.54 Å². The molecule has 2 nitrogen and oxygen atoms in total. The van der Waals surface area contributed by atoms with Crippen molar-refractivity contribution in [3.63, 3.8) is 0 Å². The molecule has 1 N–H and O–H groups in total. The summed E-state index contributed by atoms with van der Waals surface area (Å²) in [4.78, 5) is 0. The SMILES string of the molecule is CCNC(C)c1ccc(Oc2ccc(Cl)c(Cl)c2)c(F)c1. The first-order chi connectivity index (χ1) is 10.0. The normalized spacial score (nSPS) is 12.2. The highest BCUT2D eigenvalue weighted by molar-refractivity contribution is 6.42. The molecule has 2 aromatic carbocycles. The van der Waals surface area contributed by atoms with E-state index >= 15 is 0 Å². The van der Waals surface area contributed by atoms with Crippen LogP contribution in [-0.2, 0) is 0 Å². The highest BCUT2D eigenvalue weighted by Gasteiger charge is 2.10. The molecule has 0 radical (unpaired) electrons. The standard InChI is InChI=1S/C16H16Cl2FNO/c1-3-20-10(2)11-4-7-16(15(19)8-11)21-12-5-6-13(17)14(18)9-12/h4-10,20H,3H2,1-2H3. The van der Waals surface area contributed by atoms with Gasteiger partial charge >= 0.3 is 0 Å². The maximum atomic E-state index is 14.1. The summed E-state index contributed by atoms with van der Waals surface area (Å²) in [6.45, 7) is 4.82. The lowest BCUT2D eigenvalue weighted by molar-refractivity contribution is 0.440. The fraction of sp³-hybridized carbons (Fsp3) is 0.250. The van der Waals surface area contributed by atoms with Crippen LogP contribution >= 0.6 is 23.2 Å². The van der Waals surface area contributed by atoms with E-state index in [9.17, 15) is 4.39 Å². The van der Waals surface area contributed by atoms with Gasteiger partial charge in [0.2, 0.25) is 0 Å². The fourth-order valence-corrected chi connectivity index (χ4v) is 2.25. The molecule has 0 saturated carbocycles. The Hall–Kier alpha value is -1.29. The summed E-state index contributed by atoms with van der Waals surface area (Å²) in [5.41, 5.74) is 0.871. The molecule has 2 rings (SSSR count). The van der Waals surface area contributed by atoms with Crippen molar-refractivity contribution < 1.29 is 9.13 Å². The van der Waals surface area contributed by atoms with E-state index in [4.69, 9.17) is 27.9 Å². The number of hydrogen-bond acceptors (Lipinski definition) is 2. The van der Waals surface area contributed by atoms with E-state index in [1.54, 1.807) is 24.3 Å². The molecular weight excluding hydrogens is 312 g/mol. The molecule has 21 heavy (non-hydrogen) atoms. The molecule has 0 saturated heterocycles. The van der Waals surface area contributed by atoms with Crippen LogP contribution in [0.15, 0.2) is 36.4 Å². The second-order valence-electron chi connectivity index (χ2n) is 4.65. The Bertz CT molecular complexity index is 634. The van der Waals surface area contributed by atoms with Gasteiger partial charge in [-0.2, -0.15) is 0 Å². The third-order valence-electron chi connectivity index (χ3n) is 3.09. The zero-order valence-electron chi connectivity index (χ0n) is 11.8. The van der Waals surface area contributed by atoms with Gasteiger partial charge in [-0.05, 0) is 43.3 Å². The van der Waals surface area contributed by atoms with Crippen LogP contribution in [0.25, 0.3) is 0 Å². The number of nitrogens with one attached hydrogen (secondary N) is 1. The van der Waals surface area contributed by atoms with Crippen LogP contribution < -0.4 is 10.1 Å². The van der Waals surface area contributed by atoms with Gasteiger partial charge in [0.1, 0.15) is 5.75 Å². The van der Waals surface area contributed by atoms with E-state index < -0.39 is 5.82 Å². The van der Waals surface area contributed by atoms with Crippen LogP contribution in [0.2, 0.25) is 10.0 Å². The van der Waals surface area contributed by atoms with E-state index in [-0.39, 0.29) is 11.8 Å². The van der Waals surface area contributed by atoms with Gasteiger partial charge in [0.25, 0.3) is 0 Å². The second-order valence-corrected chi connectivity index (χ2v) is 5.46. The van der Waals surface area contributed by atoms with Crippen molar-refractivity contribution in [1.29, 1.82) is 0 Å². The van der Waals surface area contributed by atoms with E-state index in [0.717, 1.165) is 12.1 Å². The Balaban J connectivity index is 2.19. The van der Waals surface area contributed by atoms with E-state index in [0.29, 0.717) is 15.8 Å². The summed E-state index contributed by atoms with van der Waals surface area (Å²) in [5, 5.41) is 4.03. The van der Waals surface area contributed by atoms with Crippen LogP contribution in [0, 0.1) is 5.82 Å². The Kier molecular flexibility index (Phi) is 5.45. The minimum absolute atomic E-state index is 0.0866. The van der Waals surface area contributed by atoms with Crippen molar-refractivity contribution in [2.45, 2.75) is 19.9 Å². The lowest BCUT2D eigenvalue weighted by Gasteiger charge is -2.14. The predicted molar refractivity (Wildman–Crippen MR) is 85.0 cm³/mol. The summed E-state index contributed by atoms with van der Waals surface area (Å²) < 4.78 is 19.6. The summed E-state index contributed by atoms with van der Waals surface area (Å²) in [6, 6.07) is 9.81. The first kappa shape index (κ1) is 16.1. The second kappa shape index (κ2) is 7.12. The molecule has 2 aromatic rings. The number of halogens is 3. The average Bonchev–Trinajstić information content (AvgIpc) is 2.45. The summed E-state index contributed by atoms with van der Waals surface area (Å²) in [7, 11) is 0. The van der Waals surface area contributed by atoms with Crippen molar-refractivity contribution >= 4 is 23.2 Å². The Morgan fingerprint density at radius 3 is 2.52 bits per heavy atom. The van der Waals surface area contributed by atoms with Gasteiger partial charge in [0.15, 0.2) is 11.6 Å². The molecule has 0 aliphatic carbocycles. The Labute approximate surface area is 133 Å². The molecule has 0 spiro atoms. The first-order valence-corrected chi connectivity index (χ1v) is 7.42. The average molecular weight is 328 g/mol. The van der Waals surface area contributed by atoms with Crippen LogP contribution in [-0.4, -0.2) is 6.54 Å². The number of ether oxygens (including phenoxy) is 1. The van der Waals surface area contributed by atoms with Gasteiger partial charge in [0.05, 0.1) is 10.0 Å². The fourth-order valence-electron chi connectivity index (χ4n) is 1.96. The molecule has 0 aliphatic rings. The quantitative estimate of drug-likeness (QED) is 0.772. The third kappa shape index (κ3) is 4.10. The van der Waals surface area contributed by atoms with Gasteiger partial charge in [-0.15, -0.1) is 0 Å². The number of hydrogen-bond donors (Lipinski definition) is 1. The zero-order valence-corrected chi connectivity index (χ0v) is 13.3. The molecule has 0 amide bonds. The topological polar surface area (TPSA) is 21.3 Å². The van der Waals surface area contributed by atoms with Crippen molar-refractivity contribution in [3.8, 4) is 11.5 Å². The number of rotatable bonds is 5. The van der Waals surface area contributed by atoms with E-state index in [1.807, 2.05) is 19.9 Å². The van der Waals surface area contributed by atoms with Crippen molar-refractivity contribution in [3.05, 3.63) is 57.8 Å². The molecule has 0 fully saturated rings. The zero-order chi connectivity index (χ0) is 15.4. The smallest absolute Gasteiger partial charge is 0.166 e. The number of benzene rings is 2. The molecule has 1 unspecified atom stereocenters. The molecule has 112 valence electrons. The van der Waals surface area contributed by atoms with Crippen LogP contribution in [0.4, 0.5) is 4.39 Å². The lowest BCUT2D eigenvalue weighted by atomic mass is 10.1. The van der Waals surface area contributed by atoms with Gasteiger partial charge < -0.3 is 10.1 Å². The molecule has 0 aliphatic heterocycles. The highest BCUT2D eigenvalue weighted by Crippen LogP contribution is 2.31. The van der Waals surface area contributed by atoms with Crippen molar-refractivity contribution in [2.24, 2.45) is 0 Å². The third-order valence-corrected chi connectivity index (χ3v) is 3.82. The summed E-state index contributed by atoms with van der Waals surface area (Å²) >= 11 is 11.7. The molecular formula is C16H16Cl2FNO. The Morgan fingerprint density at radius 2 is 1.90 bits per heavy atom. The maximum absolute atomic E-state index is 14.1. The van der Waals surface area contributed by atoms with E-state index in [2.05, 4.69) is 5.32 Å². The monoisotopic (exact) mass is 327 g/mol. The predicted octanol–water partition coefficient (Wildman–Crippen LogP) is 5.60. The van der Waals surface area contributed by atoms with Gasteiger partial charge in [-0.1, -0.05) is 36.2 Å². The van der Waals surface area contributed by atoms with Crippen molar-refractivity contribution in [1.82, 2.24) is 5.32 Å². The molecule has 1 atom stereocenters. The van der Waals surface area contributed by atoms with Crippen LogP contribution in [0.5, 0.6) is 11.5 Å². The summed E-state index contributed by atoms with van der Waals surface area (Å²) in [6.07, 6.45) is 0. The molecule has 0 bridgehead atoms. The summed E-state index contributed by atoms with van der Waals surface area (Å²) in [5.74, 6) is 0.181. The van der Waals surface area contributed by atoms with E-state index in [1.165, 1.54) is 6.07 Å². The Morgan fingerprint density at radius 1 is 1.14 bits per heavy atom. The largest absolute Gasteiger partial charge is 0.454 e. The molecule has 0 heterocycles. The first-order valence-electron chi connectivity index (χ1n) is 6.67. The van der Waals surface area contributed by atoms with Crippen LogP contribution in [0.3, 0.4) is 0 Å². The minimum Gasteiger partial charge on any atom is -0.454 e. The molecule has 5 heteroatoms.